The van der Waals surface area contributed by atoms with Crippen LogP contribution in [0.25, 0.3) is 11.4 Å². The molecule has 1 aromatic carbocycles. The second kappa shape index (κ2) is 6.75. The molecule has 3 heterocycles. The smallest absolute Gasteiger partial charge is 0.241 e. The molecule has 0 amide bonds. The summed E-state index contributed by atoms with van der Waals surface area (Å²) < 4.78 is 7.41. The van der Waals surface area contributed by atoms with Crippen LogP contribution in [-0.2, 0) is 13.1 Å². The molecule has 0 aliphatic carbocycles. The minimum absolute atomic E-state index is 0.445. The van der Waals surface area contributed by atoms with Crippen LogP contribution in [0.15, 0.2) is 47.2 Å². The average Bonchev–Trinajstić information content (AvgIpc) is 3.32. The van der Waals surface area contributed by atoms with Crippen molar-refractivity contribution in [1.82, 2.24) is 24.8 Å². The average molecular weight is 344 g/mol. The lowest BCUT2D eigenvalue weighted by Crippen LogP contribution is -2.32. The van der Waals surface area contributed by atoms with Gasteiger partial charge in [0.1, 0.15) is 0 Å². The molecule has 2 aromatic heterocycles. The van der Waals surface area contributed by atoms with Gasteiger partial charge in [-0.15, -0.1) is 0 Å². The van der Waals surface area contributed by atoms with Crippen molar-refractivity contribution in [2.45, 2.75) is 32.0 Å². The van der Waals surface area contributed by atoms with Gasteiger partial charge in [-0.3, -0.25) is 9.58 Å². The molecule has 7 heteroatoms. The molecule has 1 unspecified atom stereocenters. The van der Waals surface area contributed by atoms with Crippen LogP contribution in [-0.4, -0.2) is 37.4 Å². The molecule has 1 aliphatic rings. The highest BCUT2D eigenvalue weighted by molar-refractivity contribution is 6.33. The van der Waals surface area contributed by atoms with E-state index in [4.69, 9.17) is 16.1 Å². The maximum Gasteiger partial charge on any atom is 0.241 e. The highest BCUT2D eigenvalue weighted by atomic mass is 35.5. The summed E-state index contributed by atoms with van der Waals surface area (Å²) in [6.07, 6.45) is 6.15. The summed E-state index contributed by atoms with van der Waals surface area (Å²) in [5.74, 6) is 1.16. The van der Waals surface area contributed by atoms with Crippen molar-refractivity contribution in [2.24, 2.45) is 0 Å². The molecule has 24 heavy (non-hydrogen) atoms. The first-order valence-corrected chi connectivity index (χ1v) is 8.46. The van der Waals surface area contributed by atoms with Gasteiger partial charge in [0.05, 0.1) is 18.1 Å². The second-order valence-corrected chi connectivity index (χ2v) is 6.39. The van der Waals surface area contributed by atoms with Gasteiger partial charge < -0.3 is 4.52 Å². The maximum absolute atomic E-state index is 6.20. The predicted molar refractivity (Wildman–Crippen MR) is 90.4 cm³/mol. The van der Waals surface area contributed by atoms with Crippen molar-refractivity contribution in [3.05, 3.63) is 53.6 Å². The number of hydrogen-bond acceptors (Lipinski definition) is 5. The van der Waals surface area contributed by atoms with Crippen LogP contribution in [0.2, 0.25) is 5.02 Å². The quantitative estimate of drug-likeness (QED) is 0.711. The Labute approximate surface area is 145 Å². The molecule has 4 rings (SSSR count). The van der Waals surface area contributed by atoms with E-state index in [1.165, 1.54) is 6.42 Å². The Balaban J connectivity index is 1.46. The third-order valence-electron chi connectivity index (χ3n) is 4.38. The summed E-state index contributed by atoms with van der Waals surface area (Å²) in [7, 11) is 0. The third kappa shape index (κ3) is 3.20. The monoisotopic (exact) mass is 343 g/mol. The van der Waals surface area contributed by atoms with Crippen LogP contribution in [0.4, 0.5) is 0 Å². The summed E-state index contributed by atoms with van der Waals surface area (Å²) in [5.41, 5.74) is 0.795. The van der Waals surface area contributed by atoms with Crippen LogP contribution in [0.3, 0.4) is 0 Å². The number of rotatable bonds is 5. The number of benzene rings is 1. The maximum atomic E-state index is 6.20. The van der Waals surface area contributed by atoms with E-state index in [9.17, 15) is 0 Å². The summed E-state index contributed by atoms with van der Waals surface area (Å²) in [4.78, 5) is 6.89. The summed E-state index contributed by atoms with van der Waals surface area (Å²) >= 11 is 6.20. The fourth-order valence-electron chi connectivity index (χ4n) is 3.18. The molecule has 6 nitrogen and oxygen atoms in total. The molecular weight excluding hydrogens is 326 g/mol. The van der Waals surface area contributed by atoms with E-state index in [2.05, 4.69) is 20.1 Å². The first-order chi connectivity index (χ1) is 11.8. The van der Waals surface area contributed by atoms with Crippen LogP contribution >= 0.6 is 11.6 Å². The Morgan fingerprint density at radius 2 is 2.17 bits per heavy atom. The lowest BCUT2D eigenvalue weighted by Gasteiger charge is -2.22. The van der Waals surface area contributed by atoms with Gasteiger partial charge in [0, 0.05) is 24.0 Å². The van der Waals surface area contributed by atoms with E-state index < -0.39 is 0 Å². The van der Waals surface area contributed by atoms with Gasteiger partial charge in [-0.25, -0.2) is 0 Å². The normalized spacial score (nSPS) is 18.3. The van der Waals surface area contributed by atoms with Crippen LogP contribution < -0.4 is 0 Å². The molecule has 0 saturated carbocycles. The van der Waals surface area contributed by atoms with E-state index in [-0.39, 0.29) is 0 Å². The molecule has 0 radical (unpaired) electrons. The van der Waals surface area contributed by atoms with E-state index in [1.54, 1.807) is 0 Å². The van der Waals surface area contributed by atoms with Crippen molar-refractivity contribution in [1.29, 1.82) is 0 Å². The van der Waals surface area contributed by atoms with Gasteiger partial charge in [-0.1, -0.05) is 28.9 Å². The first-order valence-electron chi connectivity index (χ1n) is 8.08. The number of hydrogen-bond donors (Lipinski definition) is 0. The SMILES string of the molecule is Clc1ccccc1-c1noc(CN2CCCC2Cn2cccn2)n1. The third-order valence-corrected chi connectivity index (χ3v) is 4.71. The van der Waals surface area contributed by atoms with Gasteiger partial charge in [0.15, 0.2) is 0 Å². The van der Waals surface area contributed by atoms with Gasteiger partial charge in [-0.05, 0) is 37.6 Å². The van der Waals surface area contributed by atoms with Crippen LogP contribution in [0.5, 0.6) is 0 Å². The van der Waals surface area contributed by atoms with E-state index in [0.717, 1.165) is 25.1 Å². The van der Waals surface area contributed by atoms with Crippen molar-refractivity contribution >= 4 is 11.6 Å². The number of aromatic nitrogens is 4. The zero-order valence-corrected chi connectivity index (χ0v) is 13.9. The van der Waals surface area contributed by atoms with Gasteiger partial charge in [0.25, 0.3) is 0 Å². The Hall–Kier alpha value is -2.18. The Bertz CT molecular complexity index is 801. The van der Waals surface area contributed by atoms with E-state index in [0.29, 0.717) is 29.3 Å². The lowest BCUT2D eigenvalue weighted by atomic mass is 10.2. The molecule has 1 aliphatic heterocycles. The minimum Gasteiger partial charge on any atom is -0.338 e. The Morgan fingerprint density at radius 3 is 3.00 bits per heavy atom. The zero-order valence-electron chi connectivity index (χ0n) is 13.2. The van der Waals surface area contributed by atoms with E-state index >= 15 is 0 Å². The molecule has 0 spiro atoms. The molecule has 0 bridgehead atoms. The highest BCUT2D eigenvalue weighted by Gasteiger charge is 2.26. The van der Waals surface area contributed by atoms with Gasteiger partial charge in [-0.2, -0.15) is 10.1 Å². The summed E-state index contributed by atoms with van der Waals surface area (Å²) in [6, 6.07) is 9.92. The standard InChI is InChI=1S/C17H18ClN5O/c18-15-7-2-1-6-14(15)17-20-16(24-21-17)12-22-9-3-5-13(22)11-23-10-4-8-19-23/h1-2,4,6-8,10,13H,3,5,9,11-12H2. The molecule has 124 valence electrons. The van der Waals surface area contributed by atoms with Crippen molar-refractivity contribution in [3.8, 4) is 11.4 Å². The summed E-state index contributed by atoms with van der Waals surface area (Å²) in [6.45, 7) is 2.58. The topological polar surface area (TPSA) is 60.0 Å². The van der Waals surface area contributed by atoms with Crippen molar-refractivity contribution in [3.63, 3.8) is 0 Å². The van der Waals surface area contributed by atoms with Crippen LogP contribution in [0.1, 0.15) is 18.7 Å². The Morgan fingerprint density at radius 1 is 1.25 bits per heavy atom. The van der Waals surface area contributed by atoms with Crippen molar-refractivity contribution < 1.29 is 4.52 Å². The van der Waals surface area contributed by atoms with Gasteiger partial charge >= 0.3 is 0 Å². The molecule has 1 saturated heterocycles. The first kappa shape index (κ1) is 15.4. The number of likely N-dealkylation sites (tertiary alicyclic amines) is 1. The fraction of sp³-hybridized carbons (Fsp3) is 0.353. The fourth-order valence-corrected chi connectivity index (χ4v) is 3.40. The number of halogens is 1. The zero-order chi connectivity index (χ0) is 16.4. The highest BCUT2D eigenvalue weighted by Crippen LogP contribution is 2.26. The summed E-state index contributed by atoms with van der Waals surface area (Å²) in [5, 5.41) is 9.00. The Kier molecular flexibility index (Phi) is 4.32. The molecule has 1 fully saturated rings. The number of nitrogens with zero attached hydrogens (tertiary/aromatic N) is 5. The van der Waals surface area contributed by atoms with Gasteiger partial charge in [0.2, 0.25) is 11.7 Å². The van der Waals surface area contributed by atoms with Crippen molar-refractivity contribution in [2.75, 3.05) is 6.54 Å². The molecule has 1 atom stereocenters. The largest absolute Gasteiger partial charge is 0.338 e. The molecule has 0 N–H and O–H groups in total. The predicted octanol–water partition coefficient (Wildman–Crippen LogP) is 3.25. The molecular formula is C17H18ClN5O. The molecule has 3 aromatic rings. The van der Waals surface area contributed by atoms with Crippen LogP contribution in [0, 0.1) is 0 Å². The lowest BCUT2D eigenvalue weighted by molar-refractivity contribution is 0.192. The second-order valence-electron chi connectivity index (χ2n) is 5.99. The minimum atomic E-state index is 0.445. The van der Waals surface area contributed by atoms with E-state index in [1.807, 2.05) is 47.4 Å².